The summed E-state index contributed by atoms with van der Waals surface area (Å²) in [6, 6.07) is 0. The molecule has 0 aliphatic carbocycles. The van der Waals surface area contributed by atoms with E-state index in [0.29, 0.717) is 29.9 Å². The van der Waals surface area contributed by atoms with Gasteiger partial charge in [0.05, 0.1) is 18.0 Å². The number of thioether (sulfide) groups is 1. The van der Waals surface area contributed by atoms with Gasteiger partial charge in [-0.05, 0) is 13.8 Å². The number of rotatable bonds is 3. The average molecular weight is 285 g/mol. The molecule has 8 heteroatoms. The highest BCUT2D eigenvalue weighted by molar-refractivity contribution is 7.99. The van der Waals surface area contributed by atoms with Gasteiger partial charge in [-0.25, -0.2) is 0 Å². The van der Waals surface area contributed by atoms with E-state index in [9.17, 15) is 4.79 Å². The summed E-state index contributed by atoms with van der Waals surface area (Å²) in [6.07, 6.45) is 0.173. The number of morpholine rings is 1. The molecule has 0 aromatic carbocycles. The number of carbonyl (C=O) groups excluding carboxylic acids is 1. The van der Waals surface area contributed by atoms with Crippen LogP contribution in [0.4, 0.5) is 5.95 Å². The zero-order valence-corrected chi connectivity index (χ0v) is 12.2. The molecule has 1 aromatic heterocycles. The molecule has 2 heterocycles. The number of amides is 1. The van der Waals surface area contributed by atoms with E-state index in [1.807, 2.05) is 18.7 Å². The molecule has 0 spiro atoms. The van der Waals surface area contributed by atoms with Gasteiger partial charge in [-0.1, -0.05) is 11.8 Å². The van der Waals surface area contributed by atoms with Gasteiger partial charge in [-0.15, -0.1) is 10.2 Å². The van der Waals surface area contributed by atoms with Crippen LogP contribution in [0.2, 0.25) is 0 Å². The summed E-state index contributed by atoms with van der Waals surface area (Å²) in [5.41, 5.74) is 5.59. The minimum absolute atomic E-state index is 0.0863. The van der Waals surface area contributed by atoms with Crippen LogP contribution >= 0.6 is 11.8 Å². The van der Waals surface area contributed by atoms with E-state index in [0.717, 1.165) is 0 Å². The molecule has 1 aliphatic rings. The summed E-state index contributed by atoms with van der Waals surface area (Å²) in [5.74, 6) is 0.780. The lowest BCUT2D eigenvalue weighted by atomic mass is 10.2. The highest BCUT2D eigenvalue weighted by Crippen LogP contribution is 2.18. The first-order valence-electron chi connectivity index (χ1n) is 6.18. The lowest BCUT2D eigenvalue weighted by molar-refractivity contribution is -0.140. The largest absolute Gasteiger partial charge is 0.372 e. The van der Waals surface area contributed by atoms with Crippen LogP contribution in [-0.2, 0) is 16.6 Å². The summed E-state index contributed by atoms with van der Waals surface area (Å²) in [5, 5.41) is 8.33. The van der Waals surface area contributed by atoms with Crippen molar-refractivity contribution in [2.45, 2.75) is 31.2 Å². The van der Waals surface area contributed by atoms with Crippen LogP contribution in [-0.4, -0.2) is 56.6 Å². The number of hydrogen-bond donors (Lipinski definition) is 1. The van der Waals surface area contributed by atoms with Gasteiger partial charge >= 0.3 is 0 Å². The predicted molar refractivity (Wildman–Crippen MR) is 72.7 cm³/mol. The van der Waals surface area contributed by atoms with Crippen molar-refractivity contribution in [3.63, 3.8) is 0 Å². The molecule has 2 N–H and O–H groups in total. The fraction of sp³-hybridized carbons (Fsp3) is 0.727. The number of carbonyl (C=O) groups is 1. The number of ether oxygens (including phenoxy) is 1. The Morgan fingerprint density at radius 2 is 2.05 bits per heavy atom. The van der Waals surface area contributed by atoms with Crippen molar-refractivity contribution >= 4 is 23.6 Å². The maximum Gasteiger partial charge on any atom is 0.233 e. The van der Waals surface area contributed by atoms with E-state index in [2.05, 4.69) is 10.2 Å². The number of nitrogens with two attached hydrogens (primary N) is 1. The predicted octanol–water partition coefficient (Wildman–Crippen LogP) is 0.125. The number of hydrogen-bond acceptors (Lipinski definition) is 6. The van der Waals surface area contributed by atoms with Crippen molar-refractivity contribution in [1.82, 2.24) is 19.7 Å². The Kier molecular flexibility index (Phi) is 4.31. The maximum absolute atomic E-state index is 12.1. The van der Waals surface area contributed by atoms with Gasteiger partial charge in [-0.2, -0.15) is 0 Å². The molecule has 1 saturated heterocycles. The Hall–Kier alpha value is -1.28. The van der Waals surface area contributed by atoms with Crippen LogP contribution in [0.3, 0.4) is 0 Å². The Morgan fingerprint density at radius 3 is 2.58 bits per heavy atom. The zero-order valence-electron chi connectivity index (χ0n) is 11.4. The van der Waals surface area contributed by atoms with E-state index in [4.69, 9.17) is 10.5 Å². The molecule has 0 bridgehead atoms. The molecule has 1 aliphatic heterocycles. The molecular weight excluding hydrogens is 266 g/mol. The third kappa shape index (κ3) is 3.38. The van der Waals surface area contributed by atoms with Gasteiger partial charge in [0.15, 0.2) is 5.16 Å². The lowest BCUT2D eigenvalue weighted by Gasteiger charge is -2.35. The van der Waals surface area contributed by atoms with Crippen molar-refractivity contribution in [3.8, 4) is 0 Å². The highest BCUT2D eigenvalue weighted by atomic mass is 32.2. The Labute approximate surface area is 116 Å². The molecule has 1 aromatic rings. The van der Waals surface area contributed by atoms with Gasteiger partial charge < -0.3 is 15.4 Å². The Balaban J connectivity index is 1.89. The van der Waals surface area contributed by atoms with Gasteiger partial charge in [-0.3, -0.25) is 9.36 Å². The van der Waals surface area contributed by atoms with Crippen LogP contribution in [0.25, 0.3) is 0 Å². The minimum atomic E-state index is 0.0863. The van der Waals surface area contributed by atoms with E-state index in [1.165, 1.54) is 11.8 Å². The van der Waals surface area contributed by atoms with Crippen LogP contribution in [0.15, 0.2) is 5.16 Å². The van der Waals surface area contributed by atoms with Crippen LogP contribution in [0, 0.1) is 0 Å². The fourth-order valence-electron chi connectivity index (χ4n) is 2.05. The topological polar surface area (TPSA) is 86.3 Å². The normalized spacial score (nSPS) is 23.6. The first kappa shape index (κ1) is 14.1. The van der Waals surface area contributed by atoms with Crippen molar-refractivity contribution in [2.75, 3.05) is 24.6 Å². The van der Waals surface area contributed by atoms with Gasteiger partial charge in [0.2, 0.25) is 11.9 Å². The van der Waals surface area contributed by atoms with E-state index < -0.39 is 0 Å². The summed E-state index contributed by atoms with van der Waals surface area (Å²) in [7, 11) is 1.78. The van der Waals surface area contributed by atoms with E-state index >= 15 is 0 Å². The summed E-state index contributed by atoms with van der Waals surface area (Å²) in [4.78, 5) is 14.0. The second kappa shape index (κ2) is 5.79. The molecule has 1 amide bonds. The second-order valence-corrected chi connectivity index (χ2v) is 5.69. The molecule has 0 saturated carbocycles. The molecule has 19 heavy (non-hydrogen) atoms. The molecule has 2 atom stereocenters. The van der Waals surface area contributed by atoms with Crippen molar-refractivity contribution in [1.29, 1.82) is 0 Å². The molecular formula is C11H19N5O2S. The van der Waals surface area contributed by atoms with E-state index in [1.54, 1.807) is 11.6 Å². The zero-order chi connectivity index (χ0) is 14.0. The smallest absolute Gasteiger partial charge is 0.233 e. The first-order valence-corrected chi connectivity index (χ1v) is 7.17. The standard InChI is InChI=1S/C11H19N5O2S/c1-7-4-16(5-8(2)18-7)9(17)6-19-11-14-13-10(12)15(11)3/h7-8H,4-6H2,1-3H3,(H2,12,13). The number of aromatic nitrogens is 3. The van der Waals surface area contributed by atoms with Crippen molar-refractivity contribution in [2.24, 2.45) is 7.05 Å². The third-order valence-electron chi connectivity index (χ3n) is 2.97. The minimum Gasteiger partial charge on any atom is -0.372 e. The van der Waals surface area contributed by atoms with Crippen molar-refractivity contribution in [3.05, 3.63) is 0 Å². The van der Waals surface area contributed by atoms with Gasteiger partial charge in [0.1, 0.15) is 0 Å². The van der Waals surface area contributed by atoms with Crippen LogP contribution in [0.1, 0.15) is 13.8 Å². The number of nitrogen functional groups attached to an aromatic ring is 1. The molecule has 2 unspecified atom stereocenters. The average Bonchev–Trinajstić information content (AvgIpc) is 2.66. The number of anilines is 1. The van der Waals surface area contributed by atoms with Crippen molar-refractivity contribution < 1.29 is 9.53 Å². The van der Waals surface area contributed by atoms with Crippen LogP contribution in [0.5, 0.6) is 0 Å². The summed E-state index contributed by atoms with van der Waals surface area (Å²) < 4.78 is 7.28. The fourth-order valence-corrected chi connectivity index (χ4v) is 2.87. The maximum atomic E-state index is 12.1. The first-order chi connectivity index (χ1) is 8.97. The third-order valence-corrected chi connectivity index (χ3v) is 3.97. The monoisotopic (exact) mass is 285 g/mol. The quantitative estimate of drug-likeness (QED) is 0.794. The van der Waals surface area contributed by atoms with Crippen LogP contribution < -0.4 is 5.73 Å². The van der Waals surface area contributed by atoms with Gasteiger partial charge in [0, 0.05) is 20.1 Å². The molecule has 1 fully saturated rings. The Bertz CT molecular complexity index is 454. The molecule has 106 valence electrons. The van der Waals surface area contributed by atoms with Gasteiger partial charge in [0.25, 0.3) is 0 Å². The number of nitrogens with zero attached hydrogens (tertiary/aromatic N) is 4. The molecule has 0 radical (unpaired) electrons. The lowest BCUT2D eigenvalue weighted by Crippen LogP contribution is -2.48. The Morgan fingerprint density at radius 1 is 1.42 bits per heavy atom. The SMILES string of the molecule is CC1CN(C(=O)CSc2nnc(N)n2C)CC(C)O1. The summed E-state index contributed by atoms with van der Waals surface area (Å²) in [6.45, 7) is 5.24. The molecule has 7 nitrogen and oxygen atoms in total. The second-order valence-electron chi connectivity index (χ2n) is 4.74. The van der Waals surface area contributed by atoms with E-state index in [-0.39, 0.29) is 18.1 Å². The highest BCUT2D eigenvalue weighted by Gasteiger charge is 2.26. The molecule has 2 rings (SSSR count). The summed E-state index contributed by atoms with van der Waals surface area (Å²) >= 11 is 1.35.